The molecule has 0 atom stereocenters. The molecule has 0 unspecified atom stereocenters. The maximum absolute atomic E-state index is 12.0. The van der Waals surface area contributed by atoms with E-state index in [0.29, 0.717) is 19.5 Å². The first-order valence-corrected chi connectivity index (χ1v) is 5.93. The van der Waals surface area contributed by atoms with Crippen molar-refractivity contribution in [2.75, 3.05) is 32.8 Å². The molecule has 0 heterocycles. The molecule has 100 valence electrons. The fraction of sp³-hybridized carbons (Fsp3) is 0.818. The van der Waals surface area contributed by atoms with Crippen LogP contribution < -0.4 is 0 Å². The van der Waals surface area contributed by atoms with Gasteiger partial charge in [0.1, 0.15) is 6.54 Å². The van der Waals surface area contributed by atoms with Crippen molar-refractivity contribution in [2.45, 2.75) is 26.7 Å². The average Bonchev–Trinajstić information content (AvgIpc) is 2.27. The number of amides is 2. The number of aliphatic hydroxyl groups excluding tert-OH is 1. The fourth-order valence-electron chi connectivity index (χ4n) is 1.57. The zero-order chi connectivity index (χ0) is 13.3. The molecule has 0 radical (unpaired) electrons. The summed E-state index contributed by atoms with van der Waals surface area (Å²) in [7, 11) is 0. The summed E-state index contributed by atoms with van der Waals surface area (Å²) in [6.45, 7) is 4.59. The van der Waals surface area contributed by atoms with Crippen LogP contribution in [0.25, 0.3) is 0 Å². The van der Waals surface area contributed by atoms with Gasteiger partial charge in [0.25, 0.3) is 0 Å². The molecule has 0 aromatic rings. The fourth-order valence-corrected chi connectivity index (χ4v) is 1.57. The Morgan fingerprint density at radius 2 is 1.53 bits per heavy atom. The summed E-state index contributed by atoms with van der Waals surface area (Å²) in [6, 6.07) is -0.315. The molecule has 2 amide bonds. The second-order valence-corrected chi connectivity index (χ2v) is 3.81. The van der Waals surface area contributed by atoms with Gasteiger partial charge in [-0.15, -0.1) is 0 Å². The number of aliphatic hydroxyl groups is 1. The molecule has 0 aliphatic heterocycles. The van der Waals surface area contributed by atoms with E-state index in [0.717, 1.165) is 6.42 Å². The van der Waals surface area contributed by atoms with Gasteiger partial charge in [-0.3, -0.25) is 4.79 Å². The second-order valence-electron chi connectivity index (χ2n) is 3.81. The number of hydrogen-bond acceptors (Lipinski definition) is 3. The molecule has 0 rings (SSSR count). The lowest BCUT2D eigenvalue weighted by molar-refractivity contribution is -0.137. The molecule has 0 aliphatic rings. The van der Waals surface area contributed by atoms with Crippen LogP contribution in [0.4, 0.5) is 4.79 Å². The van der Waals surface area contributed by atoms with Crippen LogP contribution in [-0.4, -0.2) is 64.8 Å². The smallest absolute Gasteiger partial charge is 0.323 e. The highest BCUT2D eigenvalue weighted by molar-refractivity contribution is 5.80. The van der Waals surface area contributed by atoms with Crippen LogP contribution in [0.3, 0.4) is 0 Å². The van der Waals surface area contributed by atoms with Gasteiger partial charge < -0.3 is 20.0 Å². The summed E-state index contributed by atoms with van der Waals surface area (Å²) < 4.78 is 0. The van der Waals surface area contributed by atoms with Crippen molar-refractivity contribution < 1.29 is 19.8 Å². The van der Waals surface area contributed by atoms with Crippen LogP contribution in [0.1, 0.15) is 26.7 Å². The third kappa shape index (κ3) is 6.11. The molecule has 0 bridgehead atoms. The predicted octanol–water partition coefficient (Wildman–Crippen LogP) is 0.607. The molecular weight excluding hydrogens is 224 g/mol. The maximum atomic E-state index is 12.0. The van der Waals surface area contributed by atoms with Crippen molar-refractivity contribution in [3.8, 4) is 0 Å². The molecule has 6 nitrogen and oxygen atoms in total. The third-order valence-electron chi connectivity index (χ3n) is 2.22. The molecule has 2 N–H and O–H groups in total. The molecule has 17 heavy (non-hydrogen) atoms. The van der Waals surface area contributed by atoms with E-state index in [2.05, 4.69) is 0 Å². The Labute approximate surface area is 102 Å². The minimum atomic E-state index is -1.02. The lowest BCUT2D eigenvalue weighted by atomic mass is 10.3. The first-order chi connectivity index (χ1) is 8.06. The molecule has 0 fully saturated rings. The van der Waals surface area contributed by atoms with E-state index >= 15 is 0 Å². The van der Waals surface area contributed by atoms with Gasteiger partial charge >= 0.3 is 12.0 Å². The van der Waals surface area contributed by atoms with Crippen LogP contribution >= 0.6 is 0 Å². The van der Waals surface area contributed by atoms with Crippen LogP contribution in [0, 0.1) is 0 Å². The molecule has 0 aromatic heterocycles. The summed E-state index contributed by atoms with van der Waals surface area (Å²) >= 11 is 0. The molecule has 0 saturated heterocycles. The summed E-state index contributed by atoms with van der Waals surface area (Å²) in [5.41, 5.74) is 0. The predicted molar refractivity (Wildman–Crippen MR) is 63.8 cm³/mol. The summed E-state index contributed by atoms with van der Waals surface area (Å²) in [5.74, 6) is -1.02. The topological polar surface area (TPSA) is 81.1 Å². The number of carboxylic acid groups (broad SMARTS) is 1. The van der Waals surface area contributed by atoms with Crippen molar-refractivity contribution in [1.82, 2.24) is 9.80 Å². The number of hydrogen-bond donors (Lipinski definition) is 2. The molecule has 0 spiro atoms. The Bertz CT molecular complexity index is 240. The molecule has 0 saturated carbocycles. The van der Waals surface area contributed by atoms with Gasteiger partial charge in [-0.2, -0.15) is 0 Å². The van der Waals surface area contributed by atoms with Gasteiger partial charge in [-0.05, 0) is 12.8 Å². The van der Waals surface area contributed by atoms with Crippen LogP contribution in [-0.2, 0) is 4.79 Å². The Morgan fingerprint density at radius 1 is 1.00 bits per heavy atom. The Hall–Kier alpha value is -1.30. The van der Waals surface area contributed by atoms with Crippen LogP contribution in [0.5, 0.6) is 0 Å². The number of carbonyl (C=O) groups is 2. The highest BCUT2D eigenvalue weighted by atomic mass is 16.4. The van der Waals surface area contributed by atoms with Crippen molar-refractivity contribution in [3.63, 3.8) is 0 Å². The number of aliphatic carboxylic acids is 1. The summed E-state index contributed by atoms with van der Waals surface area (Å²) in [4.78, 5) is 25.5. The number of carbonyl (C=O) groups excluding carboxylic acids is 1. The Balaban J connectivity index is 4.57. The largest absolute Gasteiger partial charge is 0.480 e. The number of urea groups is 1. The van der Waals surface area contributed by atoms with Crippen molar-refractivity contribution in [2.24, 2.45) is 0 Å². The van der Waals surface area contributed by atoms with E-state index in [1.165, 1.54) is 9.80 Å². The normalized spacial score (nSPS) is 10.1. The van der Waals surface area contributed by atoms with E-state index in [1.807, 2.05) is 13.8 Å². The average molecular weight is 246 g/mol. The summed E-state index contributed by atoms with van der Waals surface area (Å²) in [6.07, 6.45) is 1.48. The number of nitrogens with zero attached hydrogens (tertiary/aromatic N) is 2. The monoisotopic (exact) mass is 246 g/mol. The van der Waals surface area contributed by atoms with Crippen molar-refractivity contribution in [3.05, 3.63) is 0 Å². The number of carboxylic acids is 1. The maximum Gasteiger partial charge on any atom is 0.323 e. The standard InChI is InChI=1S/C11H22N2O4/c1-3-5-12(7-8-14)11(17)13(6-4-2)9-10(15)16/h14H,3-9H2,1-2H3,(H,15,16). The van der Waals surface area contributed by atoms with Gasteiger partial charge in [0.15, 0.2) is 0 Å². The quantitative estimate of drug-likeness (QED) is 0.657. The molecule has 0 aliphatic carbocycles. The van der Waals surface area contributed by atoms with Crippen LogP contribution in [0.2, 0.25) is 0 Å². The van der Waals surface area contributed by atoms with Gasteiger partial charge in [0, 0.05) is 19.6 Å². The molecular formula is C11H22N2O4. The van der Waals surface area contributed by atoms with Crippen molar-refractivity contribution in [1.29, 1.82) is 0 Å². The Kier molecular flexibility index (Phi) is 8.13. The van der Waals surface area contributed by atoms with E-state index in [9.17, 15) is 9.59 Å². The number of rotatable bonds is 8. The van der Waals surface area contributed by atoms with Crippen LogP contribution in [0.15, 0.2) is 0 Å². The second kappa shape index (κ2) is 8.81. The minimum Gasteiger partial charge on any atom is -0.480 e. The van der Waals surface area contributed by atoms with E-state index in [-0.39, 0.29) is 25.7 Å². The molecule has 6 heteroatoms. The van der Waals surface area contributed by atoms with E-state index < -0.39 is 5.97 Å². The highest BCUT2D eigenvalue weighted by Crippen LogP contribution is 2.02. The van der Waals surface area contributed by atoms with Gasteiger partial charge in [-0.1, -0.05) is 13.8 Å². The van der Waals surface area contributed by atoms with E-state index in [1.54, 1.807) is 0 Å². The van der Waals surface area contributed by atoms with Gasteiger partial charge in [-0.25, -0.2) is 4.79 Å². The third-order valence-corrected chi connectivity index (χ3v) is 2.22. The zero-order valence-corrected chi connectivity index (χ0v) is 10.6. The van der Waals surface area contributed by atoms with Crippen molar-refractivity contribution >= 4 is 12.0 Å². The van der Waals surface area contributed by atoms with Gasteiger partial charge in [0.2, 0.25) is 0 Å². The molecule has 0 aromatic carbocycles. The first-order valence-electron chi connectivity index (χ1n) is 5.93. The lowest BCUT2D eigenvalue weighted by Gasteiger charge is -2.29. The zero-order valence-electron chi connectivity index (χ0n) is 10.6. The minimum absolute atomic E-state index is 0.112. The SMILES string of the molecule is CCCN(CCO)C(=O)N(CCC)CC(=O)O. The van der Waals surface area contributed by atoms with E-state index in [4.69, 9.17) is 10.2 Å². The lowest BCUT2D eigenvalue weighted by Crippen LogP contribution is -2.46. The Morgan fingerprint density at radius 3 is 1.94 bits per heavy atom. The first kappa shape index (κ1) is 15.7. The summed E-state index contributed by atoms with van der Waals surface area (Å²) in [5, 5.41) is 17.6. The highest BCUT2D eigenvalue weighted by Gasteiger charge is 2.21. The van der Waals surface area contributed by atoms with Gasteiger partial charge in [0.05, 0.1) is 6.61 Å².